The summed E-state index contributed by atoms with van der Waals surface area (Å²) in [6, 6.07) is 11.1. The normalized spacial score (nSPS) is 10.9. The Bertz CT molecular complexity index is 826. The zero-order valence-electron chi connectivity index (χ0n) is 10.2. The molecule has 5 heteroatoms. The second kappa shape index (κ2) is 5.31. The number of carbonyl (C=O) groups excluding carboxylic acids is 1. The van der Waals surface area contributed by atoms with Gasteiger partial charge in [-0.1, -0.05) is 28.1 Å². The summed E-state index contributed by atoms with van der Waals surface area (Å²) < 4.78 is 2.84. The highest BCUT2D eigenvalue weighted by atomic mass is 79.9. The second-order valence-corrected chi connectivity index (χ2v) is 6.92. The molecule has 0 fully saturated rings. The first kappa shape index (κ1) is 13.8. The Hall–Kier alpha value is -1.17. The van der Waals surface area contributed by atoms with Crippen molar-refractivity contribution in [1.82, 2.24) is 0 Å². The van der Waals surface area contributed by atoms with E-state index < -0.39 is 0 Å². The van der Waals surface area contributed by atoms with Crippen molar-refractivity contribution < 1.29 is 4.79 Å². The molecule has 100 valence electrons. The number of hydrogen-bond acceptors (Lipinski definition) is 3. The molecule has 2 nitrogen and oxygen atoms in total. The van der Waals surface area contributed by atoms with Gasteiger partial charge in [0.2, 0.25) is 0 Å². The molecule has 0 unspecified atom stereocenters. The summed E-state index contributed by atoms with van der Waals surface area (Å²) in [6.45, 7) is 0. The minimum absolute atomic E-state index is 0.0199. The summed E-state index contributed by atoms with van der Waals surface area (Å²) in [5.41, 5.74) is 7.65. The Balaban J connectivity index is 2.18. The molecular formula is C15H9Br2NOS. The quantitative estimate of drug-likeness (QED) is 0.463. The number of hydrogen-bond donors (Lipinski definition) is 1. The zero-order valence-corrected chi connectivity index (χ0v) is 14.2. The number of fused-ring (bicyclic) bond motifs is 1. The van der Waals surface area contributed by atoms with Crippen molar-refractivity contribution in [2.75, 3.05) is 5.73 Å². The molecule has 0 saturated carbocycles. The minimum Gasteiger partial charge on any atom is -0.399 e. The molecule has 3 aromatic rings. The summed E-state index contributed by atoms with van der Waals surface area (Å²) in [4.78, 5) is 12.7. The molecule has 2 aromatic carbocycles. The first-order chi connectivity index (χ1) is 9.58. The van der Waals surface area contributed by atoms with Crippen LogP contribution in [0.25, 0.3) is 10.1 Å². The molecular weight excluding hydrogens is 402 g/mol. The fraction of sp³-hybridized carbons (Fsp3) is 0. The molecule has 0 saturated heterocycles. The van der Waals surface area contributed by atoms with Gasteiger partial charge >= 0.3 is 0 Å². The summed E-state index contributed by atoms with van der Waals surface area (Å²) in [5.74, 6) is -0.0199. The van der Waals surface area contributed by atoms with Crippen molar-refractivity contribution in [3.8, 4) is 0 Å². The lowest BCUT2D eigenvalue weighted by Crippen LogP contribution is -2.02. The van der Waals surface area contributed by atoms with Gasteiger partial charge in [-0.25, -0.2) is 0 Å². The molecule has 2 N–H and O–H groups in total. The lowest BCUT2D eigenvalue weighted by molar-refractivity contribution is 0.104. The largest absolute Gasteiger partial charge is 0.399 e. The molecule has 1 heterocycles. The molecule has 0 aliphatic carbocycles. The van der Waals surface area contributed by atoms with Gasteiger partial charge < -0.3 is 5.73 Å². The fourth-order valence-corrected chi connectivity index (χ4v) is 4.09. The average Bonchev–Trinajstić information content (AvgIpc) is 2.86. The molecule has 0 aliphatic heterocycles. The lowest BCUT2D eigenvalue weighted by atomic mass is 10.0. The zero-order chi connectivity index (χ0) is 14.3. The smallest absolute Gasteiger partial charge is 0.195 e. The van der Waals surface area contributed by atoms with Crippen LogP contribution in [0.3, 0.4) is 0 Å². The van der Waals surface area contributed by atoms with Crippen LogP contribution >= 0.6 is 43.2 Å². The first-order valence-corrected chi connectivity index (χ1v) is 8.30. The van der Waals surface area contributed by atoms with E-state index in [4.69, 9.17) is 5.73 Å². The van der Waals surface area contributed by atoms with Gasteiger partial charge in [-0.2, -0.15) is 0 Å². The Morgan fingerprint density at radius 1 is 1.05 bits per heavy atom. The second-order valence-electron chi connectivity index (χ2n) is 4.33. The highest BCUT2D eigenvalue weighted by Crippen LogP contribution is 2.34. The first-order valence-electron chi connectivity index (χ1n) is 5.83. The molecule has 0 bridgehead atoms. The van der Waals surface area contributed by atoms with Gasteiger partial charge in [0.25, 0.3) is 0 Å². The van der Waals surface area contributed by atoms with Crippen molar-refractivity contribution in [2.24, 2.45) is 0 Å². The molecule has 0 aliphatic rings. The van der Waals surface area contributed by atoms with Crippen LogP contribution in [0.4, 0.5) is 5.69 Å². The van der Waals surface area contributed by atoms with Gasteiger partial charge in [0.1, 0.15) is 0 Å². The predicted octanol–water partition coefficient (Wildman–Crippen LogP) is 5.24. The molecule has 0 amide bonds. The maximum Gasteiger partial charge on any atom is 0.195 e. The van der Waals surface area contributed by atoms with Gasteiger partial charge in [0.15, 0.2) is 5.78 Å². The number of nitrogen functional groups attached to an aromatic ring is 1. The highest BCUT2D eigenvalue weighted by Gasteiger charge is 2.17. The fourth-order valence-electron chi connectivity index (χ4n) is 2.06. The Kier molecular flexibility index (Phi) is 3.67. The molecule has 1 aromatic heterocycles. The van der Waals surface area contributed by atoms with E-state index in [0.717, 1.165) is 19.0 Å². The van der Waals surface area contributed by atoms with E-state index in [-0.39, 0.29) is 5.78 Å². The average molecular weight is 411 g/mol. The van der Waals surface area contributed by atoms with E-state index in [9.17, 15) is 4.79 Å². The van der Waals surface area contributed by atoms with Crippen molar-refractivity contribution in [3.63, 3.8) is 0 Å². The van der Waals surface area contributed by atoms with Crippen LogP contribution in [0.15, 0.2) is 50.7 Å². The SMILES string of the molecule is Nc1ccc(Br)c(C(=O)c2csc3c(Br)cccc23)c1. The third-order valence-electron chi connectivity index (χ3n) is 3.03. The Morgan fingerprint density at radius 3 is 2.65 bits per heavy atom. The summed E-state index contributed by atoms with van der Waals surface area (Å²) in [7, 11) is 0. The van der Waals surface area contributed by atoms with Crippen LogP contribution < -0.4 is 5.73 Å². The molecule has 0 radical (unpaired) electrons. The standard InChI is InChI=1S/C15H9Br2NOS/c16-12-5-4-8(18)6-10(12)14(19)11-7-20-15-9(11)2-1-3-13(15)17/h1-7H,18H2. The highest BCUT2D eigenvalue weighted by molar-refractivity contribution is 9.11. The van der Waals surface area contributed by atoms with Crippen molar-refractivity contribution in [3.05, 3.63) is 61.9 Å². The van der Waals surface area contributed by atoms with Crippen LogP contribution in [-0.2, 0) is 0 Å². The Labute approximate surface area is 136 Å². The van der Waals surface area contributed by atoms with E-state index in [0.29, 0.717) is 16.8 Å². The minimum atomic E-state index is -0.0199. The molecule has 0 spiro atoms. The topological polar surface area (TPSA) is 43.1 Å². The van der Waals surface area contributed by atoms with Crippen molar-refractivity contribution in [1.29, 1.82) is 0 Å². The number of ketones is 1. The van der Waals surface area contributed by atoms with Crippen LogP contribution in [-0.4, -0.2) is 5.78 Å². The molecule has 0 atom stereocenters. The third-order valence-corrected chi connectivity index (χ3v) is 5.68. The number of benzene rings is 2. The lowest BCUT2D eigenvalue weighted by Gasteiger charge is -2.04. The van der Waals surface area contributed by atoms with E-state index in [1.165, 1.54) is 0 Å². The van der Waals surface area contributed by atoms with Crippen molar-refractivity contribution >= 4 is 64.8 Å². The Morgan fingerprint density at radius 2 is 1.85 bits per heavy atom. The molecule has 3 rings (SSSR count). The van der Waals surface area contributed by atoms with E-state index in [1.807, 2.05) is 23.6 Å². The summed E-state index contributed by atoms with van der Waals surface area (Å²) in [5, 5.41) is 2.86. The van der Waals surface area contributed by atoms with Crippen LogP contribution in [0.5, 0.6) is 0 Å². The number of anilines is 1. The van der Waals surface area contributed by atoms with Crippen molar-refractivity contribution in [2.45, 2.75) is 0 Å². The van der Waals surface area contributed by atoms with Crippen LogP contribution in [0.1, 0.15) is 15.9 Å². The van der Waals surface area contributed by atoms with Gasteiger partial charge in [-0.15, -0.1) is 11.3 Å². The maximum absolute atomic E-state index is 12.7. The van der Waals surface area contributed by atoms with E-state index in [1.54, 1.807) is 29.5 Å². The maximum atomic E-state index is 12.7. The molecule has 20 heavy (non-hydrogen) atoms. The number of halogens is 2. The number of carbonyl (C=O) groups is 1. The monoisotopic (exact) mass is 409 g/mol. The number of thiophene rings is 1. The van der Waals surface area contributed by atoms with Gasteiger partial charge in [-0.05, 0) is 40.2 Å². The van der Waals surface area contributed by atoms with E-state index >= 15 is 0 Å². The predicted molar refractivity (Wildman–Crippen MR) is 91.5 cm³/mol. The third kappa shape index (κ3) is 2.30. The van der Waals surface area contributed by atoms with E-state index in [2.05, 4.69) is 31.9 Å². The summed E-state index contributed by atoms with van der Waals surface area (Å²) in [6.07, 6.45) is 0. The number of nitrogens with two attached hydrogens (primary N) is 1. The van der Waals surface area contributed by atoms with Gasteiger partial charge in [0, 0.05) is 41.2 Å². The van der Waals surface area contributed by atoms with Gasteiger partial charge in [-0.3, -0.25) is 4.79 Å². The van der Waals surface area contributed by atoms with Crippen LogP contribution in [0, 0.1) is 0 Å². The van der Waals surface area contributed by atoms with Gasteiger partial charge in [0.05, 0.1) is 0 Å². The summed E-state index contributed by atoms with van der Waals surface area (Å²) >= 11 is 8.48. The number of rotatable bonds is 2. The van der Waals surface area contributed by atoms with Crippen LogP contribution in [0.2, 0.25) is 0 Å².